The largest absolute Gasteiger partial charge is 0.377 e. The first-order valence-corrected chi connectivity index (χ1v) is 8.00. The average molecular weight is 292 g/mol. The molecule has 4 nitrogen and oxygen atoms in total. The van der Waals surface area contributed by atoms with Crippen LogP contribution in [0.1, 0.15) is 18.9 Å². The Balaban J connectivity index is 2.77. The van der Waals surface area contributed by atoms with Crippen LogP contribution < -0.4 is 4.72 Å². The van der Waals surface area contributed by atoms with Crippen molar-refractivity contribution in [2.45, 2.75) is 20.0 Å². The molecule has 0 fully saturated rings. The van der Waals surface area contributed by atoms with E-state index < -0.39 is 10.0 Å². The van der Waals surface area contributed by atoms with Gasteiger partial charge in [-0.15, -0.1) is 11.6 Å². The normalized spacial score (nSPS) is 11.4. The smallest absolute Gasteiger partial charge is 0.232 e. The molecule has 0 amide bonds. The fourth-order valence-electron chi connectivity index (χ4n) is 1.42. The van der Waals surface area contributed by atoms with E-state index in [0.29, 0.717) is 31.2 Å². The van der Waals surface area contributed by atoms with E-state index in [4.69, 9.17) is 16.3 Å². The van der Waals surface area contributed by atoms with E-state index in [-0.39, 0.29) is 5.75 Å². The third-order valence-corrected chi connectivity index (χ3v) is 3.92. The Morgan fingerprint density at radius 1 is 1.33 bits per heavy atom. The quantitative estimate of drug-likeness (QED) is 0.749. The Labute approximate surface area is 113 Å². The van der Waals surface area contributed by atoms with Crippen LogP contribution in [0.25, 0.3) is 0 Å². The van der Waals surface area contributed by atoms with Crippen LogP contribution in [0.3, 0.4) is 0 Å². The van der Waals surface area contributed by atoms with Gasteiger partial charge in [0.05, 0.1) is 18.0 Å². The van der Waals surface area contributed by atoms with Crippen LogP contribution in [-0.4, -0.2) is 26.7 Å². The number of anilines is 1. The number of rotatable bonds is 8. The summed E-state index contributed by atoms with van der Waals surface area (Å²) in [7, 11) is -3.33. The molecule has 1 N–H and O–H groups in total. The molecular weight excluding hydrogens is 274 g/mol. The number of nitrogens with one attached hydrogen (secondary N) is 1. The van der Waals surface area contributed by atoms with Gasteiger partial charge >= 0.3 is 0 Å². The minimum atomic E-state index is -3.33. The van der Waals surface area contributed by atoms with Crippen LogP contribution >= 0.6 is 11.6 Å². The lowest BCUT2D eigenvalue weighted by atomic mass is 10.2. The molecule has 0 saturated heterocycles. The van der Waals surface area contributed by atoms with Crippen molar-refractivity contribution in [3.05, 3.63) is 29.8 Å². The van der Waals surface area contributed by atoms with Gasteiger partial charge in [-0.25, -0.2) is 8.42 Å². The highest BCUT2D eigenvalue weighted by Crippen LogP contribution is 2.17. The van der Waals surface area contributed by atoms with E-state index in [2.05, 4.69) is 4.72 Å². The maximum absolute atomic E-state index is 11.8. The minimum Gasteiger partial charge on any atom is -0.377 e. The zero-order valence-electron chi connectivity index (χ0n) is 10.4. The SMILES string of the molecule is CCOCc1ccccc1NS(=O)(=O)CCCCl. The third kappa shape index (κ3) is 5.25. The van der Waals surface area contributed by atoms with Crippen LogP contribution in [-0.2, 0) is 21.4 Å². The summed E-state index contributed by atoms with van der Waals surface area (Å²) in [5.74, 6) is 0.362. The molecule has 0 saturated carbocycles. The van der Waals surface area contributed by atoms with E-state index in [1.165, 1.54) is 0 Å². The van der Waals surface area contributed by atoms with Crippen LogP contribution in [0.5, 0.6) is 0 Å². The zero-order valence-corrected chi connectivity index (χ0v) is 11.9. The van der Waals surface area contributed by atoms with Gasteiger partial charge in [0.2, 0.25) is 10.0 Å². The van der Waals surface area contributed by atoms with Gasteiger partial charge in [-0.3, -0.25) is 4.72 Å². The highest BCUT2D eigenvalue weighted by Gasteiger charge is 2.12. The van der Waals surface area contributed by atoms with E-state index in [1.807, 2.05) is 19.1 Å². The van der Waals surface area contributed by atoms with Gasteiger partial charge in [-0.1, -0.05) is 18.2 Å². The first kappa shape index (κ1) is 15.3. The molecule has 0 bridgehead atoms. The lowest BCUT2D eigenvalue weighted by Gasteiger charge is -2.12. The highest BCUT2D eigenvalue weighted by atomic mass is 35.5. The summed E-state index contributed by atoms with van der Waals surface area (Å²) in [6.07, 6.45) is 0.435. The van der Waals surface area contributed by atoms with Gasteiger partial charge < -0.3 is 4.74 Å². The summed E-state index contributed by atoms with van der Waals surface area (Å²) < 4.78 is 31.4. The molecule has 1 aromatic rings. The van der Waals surface area contributed by atoms with Crippen molar-refractivity contribution in [1.29, 1.82) is 0 Å². The average Bonchev–Trinajstić information content (AvgIpc) is 2.35. The maximum Gasteiger partial charge on any atom is 0.232 e. The number of hydrogen-bond donors (Lipinski definition) is 1. The van der Waals surface area contributed by atoms with E-state index in [0.717, 1.165) is 5.56 Å². The molecule has 0 atom stereocenters. The lowest BCUT2D eigenvalue weighted by Crippen LogP contribution is -2.18. The Morgan fingerprint density at radius 3 is 2.72 bits per heavy atom. The molecule has 0 aliphatic heterocycles. The van der Waals surface area contributed by atoms with Gasteiger partial charge in [0.25, 0.3) is 0 Å². The first-order chi connectivity index (χ1) is 8.59. The fraction of sp³-hybridized carbons (Fsp3) is 0.500. The summed E-state index contributed by atoms with van der Waals surface area (Å²) >= 11 is 5.50. The molecule has 0 spiro atoms. The number of para-hydroxylation sites is 1. The molecule has 0 radical (unpaired) electrons. The monoisotopic (exact) mass is 291 g/mol. The number of halogens is 1. The Bertz CT molecular complexity index is 462. The van der Waals surface area contributed by atoms with Crippen LogP contribution in [0.2, 0.25) is 0 Å². The Kier molecular flexibility index (Phi) is 6.46. The second-order valence-corrected chi connectivity index (χ2v) is 5.98. The molecule has 1 rings (SSSR count). The van der Waals surface area contributed by atoms with Crippen LogP contribution in [0.4, 0.5) is 5.69 Å². The second kappa shape index (κ2) is 7.61. The van der Waals surface area contributed by atoms with Gasteiger partial charge in [-0.2, -0.15) is 0 Å². The molecule has 18 heavy (non-hydrogen) atoms. The predicted molar refractivity (Wildman–Crippen MR) is 74.5 cm³/mol. The molecule has 0 aliphatic carbocycles. The summed E-state index contributed by atoms with van der Waals surface area (Å²) in [4.78, 5) is 0. The van der Waals surface area contributed by atoms with Crippen molar-refractivity contribution >= 4 is 27.3 Å². The second-order valence-electron chi connectivity index (χ2n) is 3.76. The first-order valence-electron chi connectivity index (χ1n) is 5.81. The lowest BCUT2D eigenvalue weighted by molar-refractivity contribution is 0.134. The summed E-state index contributed by atoms with van der Waals surface area (Å²) in [6.45, 7) is 2.88. The molecule has 6 heteroatoms. The van der Waals surface area contributed by atoms with Crippen molar-refractivity contribution in [3.63, 3.8) is 0 Å². The predicted octanol–water partition coefficient (Wildman–Crippen LogP) is 2.59. The summed E-state index contributed by atoms with van der Waals surface area (Å²) in [6, 6.07) is 7.21. The maximum atomic E-state index is 11.8. The Morgan fingerprint density at radius 2 is 2.06 bits per heavy atom. The van der Waals surface area contributed by atoms with Gasteiger partial charge in [0.1, 0.15) is 0 Å². The number of hydrogen-bond acceptors (Lipinski definition) is 3. The van der Waals surface area contributed by atoms with E-state index in [9.17, 15) is 8.42 Å². The fourth-order valence-corrected chi connectivity index (χ4v) is 2.87. The number of sulfonamides is 1. The Hall–Kier alpha value is -0.780. The topological polar surface area (TPSA) is 55.4 Å². The van der Waals surface area contributed by atoms with Gasteiger partial charge in [-0.05, 0) is 19.4 Å². The van der Waals surface area contributed by atoms with Crippen molar-refractivity contribution in [2.75, 3.05) is 23.0 Å². The molecule has 1 aromatic carbocycles. The van der Waals surface area contributed by atoms with Crippen molar-refractivity contribution in [2.24, 2.45) is 0 Å². The molecule has 102 valence electrons. The van der Waals surface area contributed by atoms with Gasteiger partial charge in [0.15, 0.2) is 0 Å². The van der Waals surface area contributed by atoms with Crippen molar-refractivity contribution in [3.8, 4) is 0 Å². The number of benzene rings is 1. The third-order valence-electron chi connectivity index (χ3n) is 2.29. The van der Waals surface area contributed by atoms with Crippen LogP contribution in [0.15, 0.2) is 24.3 Å². The molecule has 0 aliphatic rings. The van der Waals surface area contributed by atoms with Gasteiger partial charge in [0, 0.05) is 18.1 Å². The minimum absolute atomic E-state index is 0.0273. The standard InChI is InChI=1S/C12H18ClNO3S/c1-2-17-10-11-6-3-4-7-12(11)14-18(15,16)9-5-8-13/h3-4,6-7,14H,2,5,8-10H2,1H3. The summed E-state index contributed by atoms with van der Waals surface area (Å²) in [5, 5.41) is 0. The zero-order chi connectivity index (χ0) is 13.4. The number of alkyl halides is 1. The van der Waals surface area contributed by atoms with Crippen LogP contribution in [0, 0.1) is 0 Å². The van der Waals surface area contributed by atoms with Crippen molar-refractivity contribution < 1.29 is 13.2 Å². The molecule has 0 aromatic heterocycles. The van der Waals surface area contributed by atoms with E-state index in [1.54, 1.807) is 12.1 Å². The number of ether oxygens (including phenoxy) is 1. The molecular formula is C12H18ClNO3S. The highest BCUT2D eigenvalue weighted by molar-refractivity contribution is 7.92. The summed E-state index contributed by atoms with van der Waals surface area (Å²) in [5.41, 5.74) is 1.40. The molecule has 0 unspecified atom stereocenters. The van der Waals surface area contributed by atoms with E-state index >= 15 is 0 Å². The molecule has 0 heterocycles. The van der Waals surface area contributed by atoms with Crippen molar-refractivity contribution in [1.82, 2.24) is 0 Å².